The van der Waals surface area contributed by atoms with Gasteiger partial charge in [-0.15, -0.1) is 0 Å². The summed E-state index contributed by atoms with van der Waals surface area (Å²) < 4.78 is 16.3. The van der Waals surface area contributed by atoms with Gasteiger partial charge >= 0.3 is 0 Å². The SMILES string of the molecule is COc1ccc(-c2cc(=O)c3cc(O)c(OC)c(C(=O)C(C)C)c3o2)cc1. The van der Waals surface area contributed by atoms with E-state index in [1.54, 1.807) is 45.2 Å². The van der Waals surface area contributed by atoms with Crippen LogP contribution in [0.1, 0.15) is 24.2 Å². The molecule has 0 atom stereocenters. The molecule has 0 spiro atoms. The fraction of sp³-hybridized carbons (Fsp3) is 0.238. The van der Waals surface area contributed by atoms with Gasteiger partial charge in [-0.1, -0.05) is 13.8 Å². The van der Waals surface area contributed by atoms with Crippen LogP contribution in [-0.4, -0.2) is 25.1 Å². The van der Waals surface area contributed by atoms with Crippen molar-refractivity contribution in [3.63, 3.8) is 0 Å². The number of phenolic OH excluding ortho intramolecular Hbond substituents is 1. The van der Waals surface area contributed by atoms with Crippen molar-refractivity contribution < 1.29 is 23.8 Å². The third-order valence-electron chi connectivity index (χ3n) is 4.30. The largest absolute Gasteiger partial charge is 0.504 e. The molecule has 140 valence electrons. The van der Waals surface area contributed by atoms with Gasteiger partial charge in [0.15, 0.2) is 28.3 Å². The minimum atomic E-state index is -0.376. The van der Waals surface area contributed by atoms with E-state index in [2.05, 4.69) is 0 Å². The van der Waals surface area contributed by atoms with Crippen LogP contribution in [0.5, 0.6) is 17.2 Å². The minimum Gasteiger partial charge on any atom is -0.504 e. The van der Waals surface area contributed by atoms with Crippen LogP contribution in [-0.2, 0) is 0 Å². The van der Waals surface area contributed by atoms with Crippen LogP contribution in [0.4, 0.5) is 0 Å². The molecule has 0 unspecified atom stereocenters. The number of carbonyl (C=O) groups excluding carboxylic acids is 1. The number of hydrogen-bond acceptors (Lipinski definition) is 6. The van der Waals surface area contributed by atoms with Gasteiger partial charge in [0.1, 0.15) is 17.1 Å². The van der Waals surface area contributed by atoms with Crippen molar-refractivity contribution in [2.75, 3.05) is 14.2 Å². The maximum Gasteiger partial charge on any atom is 0.193 e. The second-order valence-electron chi connectivity index (χ2n) is 6.40. The van der Waals surface area contributed by atoms with Crippen molar-refractivity contribution >= 4 is 16.8 Å². The molecular formula is C21H20O6. The van der Waals surface area contributed by atoms with Gasteiger partial charge in [0.25, 0.3) is 0 Å². The molecule has 0 saturated carbocycles. The standard InChI is InChI=1S/C21H20O6/c1-11(2)19(24)18-20-14(9-16(23)21(18)26-4)15(22)10-17(27-20)12-5-7-13(25-3)8-6-12/h5-11,23H,1-4H3. The highest BCUT2D eigenvalue weighted by molar-refractivity contribution is 6.10. The molecule has 1 N–H and O–H groups in total. The van der Waals surface area contributed by atoms with Gasteiger partial charge in [0.2, 0.25) is 0 Å². The van der Waals surface area contributed by atoms with Crippen LogP contribution in [0.25, 0.3) is 22.3 Å². The number of benzene rings is 2. The van der Waals surface area contributed by atoms with Crippen LogP contribution >= 0.6 is 0 Å². The minimum absolute atomic E-state index is 0.00349. The van der Waals surface area contributed by atoms with E-state index in [0.717, 1.165) is 0 Å². The Kier molecular flexibility index (Phi) is 4.90. The number of ketones is 1. The molecule has 1 heterocycles. The number of fused-ring (bicyclic) bond motifs is 1. The summed E-state index contributed by atoms with van der Waals surface area (Å²) in [5.41, 5.74) is 0.458. The zero-order valence-electron chi connectivity index (χ0n) is 15.5. The van der Waals surface area contributed by atoms with Crippen molar-refractivity contribution in [2.24, 2.45) is 5.92 Å². The van der Waals surface area contributed by atoms with E-state index in [4.69, 9.17) is 13.9 Å². The number of aromatic hydroxyl groups is 1. The molecule has 27 heavy (non-hydrogen) atoms. The highest BCUT2D eigenvalue weighted by atomic mass is 16.5. The molecule has 0 aliphatic heterocycles. The molecule has 0 radical (unpaired) electrons. The predicted octanol–water partition coefficient (Wildman–Crippen LogP) is 4.02. The first-order valence-corrected chi connectivity index (χ1v) is 8.43. The third-order valence-corrected chi connectivity index (χ3v) is 4.30. The Morgan fingerprint density at radius 1 is 1.07 bits per heavy atom. The van der Waals surface area contributed by atoms with Gasteiger partial charge < -0.3 is 19.0 Å². The second-order valence-corrected chi connectivity index (χ2v) is 6.40. The van der Waals surface area contributed by atoms with Crippen LogP contribution in [0.2, 0.25) is 0 Å². The molecule has 3 aromatic rings. The van der Waals surface area contributed by atoms with Gasteiger partial charge in [0, 0.05) is 17.5 Å². The van der Waals surface area contributed by atoms with Crippen LogP contribution < -0.4 is 14.9 Å². The number of rotatable bonds is 5. The Morgan fingerprint density at radius 2 is 1.74 bits per heavy atom. The second kappa shape index (κ2) is 7.15. The van der Waals surface area contributed by atoms with E-state index in [0.29, 0.717) is 17.1 Å². The molecule has 0 aliphatic carbocycles. The first kappa shape index (κ1) is 18.5. The van der Waals surface area contributed by atoms with E-state index in [1.807, 2.05) is 0 Å². The quantitative estimate of drug-likeness (QED) is 0.685. The van der Waals surface area contributed by atoms with Crippen molar-refractivity contribution in [3.05, 3.63) is 52.2 Å². The first-order valence-electron chi connectivity index (χ1n) is 8.43. The summed E-state index contributed by atoms with van der Waals surface area (Å²) >= 11 is 0. The Morgan fingerprint density at radius 3 is 2.30 bits per heavy atom. The molecule has 0 saturated heterocycles. The molecule has 6 nitrogen and oxygen atoms in total. The number of hydrogen-bond donors (Lipinski definition) is 1. The normalized spacial score (nSPS) is 11.0. The van der Waals surface area contributed by atoms with Gasteiger partial charge in [0.05, 0.1) is 19.6 Å². The lowest BCUT2D eigenvalue weighted by atomic mass is 9.97. The lowest BCUT2D eigenvalue weighted by Gasteiger charge is -2.14. The Hall–Kier alpha value is -3.28. The summed E-state index contributed by atoms with van der Waals surface area (Å²) in [6.07, 6.45) is 0. The smallest absolute Gasteiger partial charge is 0.193 e. The van der Waals surface area contributed by atoms with Crippen LogP contribution in [0.15, 0.2) is 45.6 Å². The molecule has 3 rings (SSSR count). The van der Waals surface area contributed by atoms with Gasteiger partial charge in [-0.3, -0.25) is 9.59 Å². The third kappa shape index (κ3) is 3.26. The van der Waals surface area contributed by atoms with Gasteiger partial charge in [-0.05, 0) is 30.3 Å². The zero-order valence-corrected chi connectivity index (χ0v) is 15.5. The number of carbonyl (C=O) groups is 1. The molecular weight excluding hydrogens is 348 g/mol. The zero-order chi connectivity index (χ0) is 19.7. The number of phenols is 1. The maximum absolute atomic E-state index is 12.8. The van der Waals surface area contributed by atoms with Crippen molar-refractivity contribution in [3.8, 4) is 28.6 Å². The fourth-order valence-corrected chi connectivity index (χ4v) is 2.88. The lowest BCUT2D eigenvalue weighted by Crippen LogP contribution is -2.12. The Balaban J connectivity index is 2.34. The van der Waals surface area contributed by atoms with E-state index in [1.165, 1.54) is 19.2 Å². The highest BCUT2D eigenvalue weighted by Gasteiger charge is 2.25. The summed E-state index contributed by atoms with van der Waals surface area (Å²) in [4.78, 5) is 25.4. The number of Topliss-reactive ketones (excluding diaryl/α,β-unsaturated/α-hetero) is 1. The monoisotopic (exact) mass is 368 g/mol. The summed E-state index contributed by atoms with van der Waals surface area (Å²) in [6, 6.07) is 9.60. The Bertz CT molecular complexity index is 1060. The topological polar surface area (TPSA) is 86.0 Å². The van der Waals surface area contributed by atoms with Crippen molar-refractivity contribution in [2.45, 2.75) is 13.8 Å². The maximum atomic E-state index is 12.8. The molecule has 0 bridgehead atoms. The average molecular weight is 368 g/mol. The number of methoxy groups -OCH3 is 2. The lowest BCUT2D eigenvalue weighted by molar-refractivity contribution is 0.0936. The van der Waals surface area contributed by atoms with Gasteiger partial charge in [-0.2, -0.15) is 0 Å². The Labute approximate surface area is 156 Å². The van der Waals surface area contributed by atoms with E-state index >= 15 is 0 Å². The van der Waals surface area contributed by atoms with Gasteiger partial charge in [-0.25, -0.2) is 0 Å². The fourth-order valence-electron chi connectivity index (χ4n) is 2.88. The van der Waals surface area contributed by atoms with Crippen molar-refractivity contribution in [1.29, 1.82) is 0 Å². The molecule has 2 aromatic carbocycles. The van der Waals surface area contributed by atoms with Crippen LogP contribution in [0, 0.1) is 5.92 Å². The summed E-state index contributed by atoms with van der Waals surface area (Å²) in [7, 11) is 2.91. The molecule has 6 heteroatoms. The van der Waals surface area contributed by atoms with Crippen LogP contribution in [0.3, 0.4) is 0 Å². The molecule has 1 aromatic heterocycles. The average Bonchev–Trinajstić information content (AvgIpc) is 2.66. The van der Waals surface area contributed by atoms with Crippen molar-refractivity contribution in [1.82, 2.24) is 0 Å². The first-order chi connectivity index (χ1) is 12.9. The van der Waals surface area contributed by atoms with E-state index in [-0.39, 0.29) is 45.2 Å². The summed E-state index contributed by atoms with van der Waals surface area (Å²) in [5.74, 6) is 0.0289. The van der Waals surface area contributed by atoms with E-state index in [9.17, 15) is 14.7 Å². The predicted molar refractivity (Wildman–Crippen MR) is 102 cm³/mol. The molecule has 0 aliphatic rings. The summed E-state index contributed by atoms with van der Waals surface area (Å²) in [6.45, 7) is 3.45. The summed E-state index contributed by atoms with van der Waals surface area (Å²) in [5, 5.41) is 10.3. The molecule has 0 amide bonds. The molecule has 0 fully saturated rings. The highest BCUT2D eigenvalue weighted by Crippen LogP contribution is 2.38. The van der Waals surface area contributed by atoms with E-state index < -0.39 is 0 Å². The number of ether oxygens (including phenoxy) is 2.